The van der Waals surface area contributed by atoms with Crippen molar-refractivity contribution >= 4 is 5.91 Å². The van der Waals surface area contributed by atoms with Gasteiger partial charge in [0.05, 0.1) is 12.6 Å². The first-order chi connectivity index (χ1) is 7.65. The van der Waals surface area contributed by atoms with Gasteiger partial charge in [0.15, 0.2) is 5.82 Å². The van der Waals surface area contributed by atoms with Crippen molar-refractivity contribution in [2.45, 2.75) is 45.3 Å². The van der Waals surface area contributed by atoms with Gasteiger partial charge < -0.3 is 9.84 Å². The number of nitrogens with one attached hydrogen (secondary N) is 2. The Bertz CT molecular complexity index is 373. The quantitative estimate of drug-likeness (QED) is 0.743. The van der Waals surface area contributed by atoms with E-state index in [0.717, 1.165) is 12.8 Å². The second-order valence-electron chi connectivity index (χ2n) is 4.12. The molecule has 0 aromatic carbocycles. The molecule has 1 atom stereocenters. The Morgan fingerprint density at radius 2 is 2.38 bits per heavy atom. The summed E-state index contributed by atoms with van der Waals surface area (Å²) >= 11 is 0. The normalized spacial score (nSPS) is 17.1. The second-order valence-corrected chi connectivity index (χ2v) is 4.12. The van der Waals surface area contributed by atoms with E-state index in [4.69, 9.17) is 4.52 Å². The lowest BCUT2D eigenvalue weighted by molar-refractivity contribution is -0.122. The third kappa shape index (κ3) is 3.03. The summed E-state index contributed by atoms with van der Waals surface area (Å²) < 4.78 is 4.83. The SMILES string of the molecule is Cc1nc(CNC(C)C(=O)NC2CC2)no1. The fourth-order valence-electron chi connectivity index (χ4n) is 1.30. The van der Waals surface area contributed by atoms with Gasteiger partial charge in [0.1, 0.15) is 0 Å². The van der Waals surface area contributed by atoms with Gasteiger partial charge in [-0.3, -0.25) is 10.1 Å². The first-order valence-electron chi connectivity index (χ1n) is 5.48. The molecule has 1 saturated carbocycles. The summed E-state index contributed by atoms with van der Waals surface area (Å²) in [5.41, 5.74) is 0. The molecule has 2 N–H and O–H groups in total. The number of rotatable bonds is 5. The molecule has 88 valence electrons. The predicted molar refractivity (Wildman–Crippen MR) is 56.5 cm³/mol. The summed E-state index contributed by atoms with van der Waals surface area (Å²) in [6.07, 6.45) is 2.20. The van der Waals surface area contributed by atoms with Gasteiger partial charge in [-0.25, -0.2) is 0 Å². The van der Waals surface area contributed by atoms with Crippen molar-refractivity contribution in [3.63, 3.8) is 0 Å². The zero-order chi connectivity index (χ0) is 11.5. The standard InChI is InChI=1S/C10H16N4O2/c1-6(10(15)13-8-3-4-8)11-5-9-12-7(2)16-14-9/h6,8,11H,3-5H2,1-2H3,(H,13,15). The molecule has 1 fully saturated rings. The molecule has 6 heteroatoms. The molecule has 0 bridgehead atoms. The average Bonchev–Trinajstić information content (AvgIpc) is 2.96. The van der Waals surface area contributed by atoms with Gasteiger partial charge in [0.2, 0.25) is 11.8 Å². The predicted octanol–water partition coefficient (Wildman–Crippen LogP) is 0.135. The van der Waals surface area contributed by atoms with Gasteiger partial charge in [-0.05, 0) is 19.8 Å². The summed E-state index contributed by atoms with van der Waals surface area (Å²) in [5.74, 6) is 1.14. The van der Waals surface area contributed by atoms with Gasteiger partial charge in [-0.2, -0.15) is 4.98 Å². The molecule has 1 heterocycles. The molecule has 16 heavy (non-hydrogen) atoms. The number of nitrogens with zero attached hydrogens (tertiary/aromatic N) is 2. The van der Waals surface area contributed by atoms with Crippen LogP contribution in [0.1, 0.15) is 31.5 Å². The highest BCUT2D eigenvalue weighted by atomic mass is 16.5. The molecule has 6 nitrogen and oxygen atoms in total. The molecule has 1 unspecified atom stereocenters. The average molecular weight is 224 g/mol. The molecule has 1 aliphatic carbocycles. The fraction of sp³-hybridized carbons (Fsp3) is 0.700. The molecular weight excluding hydrogens is 208 g/mol. The maximum atomic E-state index is 11.6. The minimum Gasteiger partial charge on any atom is -0.352 e. The van der Waals surface area contributed by atoms with Gasteiger partial charge >= 0.3 is 0 Å². The van der Waals surface area contributed by atoms with Crippen molar-refractivity contribution < 1.29 is 9.32 Å². The number of hydrogen-bond donors (Lipinski definition) is 2. The lowest BCUT2D eigenvalue weighted by Gasteiger charge is -2.11. The Kier molecular flexibility index (Phi) is 3.19. The Morgan fingerprint density at radius 3 is 2.94 bits per heavy atom. The van der Waals surface area contributed by atoms with Crippen LogP contribution in [0.25, 0.3) is 0 Å². The number of amides is 1. The number of carbonyl (C=O) groups excluding carboxylic acids is 1. The molecule has 0 spiro atoms. The zero-order valence-corrected chi connectivity index (χ0v) is 9.49. The van der Waals surface area contributed by atoms with Gasteiger partial charge in [-0.15, -0.1) is 0 Å². The van der Waals surface area contributed by atoms with Crippen molar-refractivity contribution in [1.82, 2.24) is 20.8 Å². The number of hydrogen-bond acceptors (Lipinski definition) is 5. The minimum absolute atomic E-state index is 0.0303. The van der Waals surface area contributed by atoms with Crippen molar-refractivity contribution in [1.29, 1.82) is 0 Å². The largest absolute Gasteiger partial charge is 0.352 e. The minimum atomic E-state index is -0.237. The van der Waals surface area contributed by atoms with E-state index in [2.05, 4.69) is 20.8 Å². The summed E-state index contributed by atoms with van der Waals surface area (Å²) in [6, 6.07) is 0.156. The highest BCUT2D eigenvalue weighted by Crippen LogP contribution is 2.18. The van der Waals surface area contributed by atoms with Crippen LogP contribution in [0.5, 0.6) is 0 Å². The second kappa shape index (κ2) is 4.61. The van der Waals surface area contributed by atoms with Crippen molar-refractivity contribution in [3.8, 4) is 0 Å². The number of aryl methyl sites for hydroxylation is 1. The first-order valence-corrected chi connectivity index (χ1v) is 5.48. The molecule has 1 amide bonds. The monoisotopic (exact) mass is 224 g/mol. The highest BCUT2D eigenvalue weighted by Gasteiger charge is 2.25. The van der Waals surface area contributed by atoms with Crippen LogP contribution in [-0.2, 0) is 11.3 Å². The molecule has 1 aliphatic rings. The molecule has 0 saturated heterocycles. The molecule has 0 aliphatic heterocycles. The third-order valence-electron chi connectivity index (χ3n) is 2.45. The van der Waals surface area contributed by atoms with Crippen molar-refractivity contribution in [2.75, 3.05) is 0 Å². The van der Waals surface area contributed by atoms with Gasteiger partial charge in [-0.1, -0.05) is 5.16 Å². The molecular formula is C10H16N4O2. The van der Waals surface area contributed by atoms with Crippen LogP contribution < -0.4 is 10.6 Å². The molecule has 2 rings (SSSR count). The van der Waals surface area contributed by atoms with Crippen LogP contribution in [0.15, 0.2) is 4.52 Å². The summed E-state index contributed by atoms with van der Waals surface area (Å²) in [5, 5.41) is 9.72. The Morgan fingerprint density at radius 1 is 1.62 bits per heavy atom. The molecule has 1 aromatic heterocycles. The van der Waals surface area contributed by atoms with Crippen LogP contribution in [-0.4, -0.2) is 28.1 Å². The Balaban J connectivity index is 1.73. The van der Waals surface area contributed by atoms with Crippen LogP contribution >= 0.6 is 0 Å². The third-order valence-corrected chi connectivity index (χ3v) is 2.45. The maximum Gasteiger partial charge on any atom is 0.237 e. The van der Waals surface area contributed by atoms with Gasteiger partial charge in [0, 0.05) is 13.0 Å². The van der Waals surface area contributed by atoms with E-state index in [-0.39, 0.29) is 11.9 Å². The Labute approximate surface area is 93.8 Å². The van der Waals surface area contributed by atoms with Crippen molar-refractivity contribution in [2.24, 2.45) is 0 Å². The van der Waals surface area contributed by atoms with E-state index in [1.165, 1.54) is 0 Å². The van der Waals surface area contributed by atoms with E-state index in [1.807, 2.05) is 6.92 Å². The fourth-order valence-corrected chi connectivity index (χ4v) is 1.30. The van der Waals surface area contributed by atoms with Gasteiger partial charge in [0.25, 0.3) is 0 Å². The number of aromatic nitrogens is 2. The summed E-state index contributed by atoms with van der Waals surface area (Å²) in [7, 11) is 0. The Hall–Kier alpha value is -1.43. The van der Waals surface area contributed by atoms with Crippen LogP contribution in [0, 0.1) is 6.92 Å². The number of carbonyl (C=O) groups is 1. The van der Waals surface area contributed by atoms with E-state index in [0.29, 0.717) is 24.3 Å². The van der Waals surface area contributed by atoms with E-state index >= 15 is 0 Å². The lowest BCUT2D eigenvalue weighted by atomic mass is 10.3. The van der Waals surface area contributed by atoms with Crippen molar-refractivity contribution in [3.05, 3.63) is 11.7 Å². The van der Waals surface area contributed by atoms with Crippen LogP contribution in [0.4, 0.5) is 0 Å². The highest BCUT2D eigenvalue weighted by molar-refractivity contribution is 5.81. The molecule has 0 radical (unpaired) electrons. The van der Waals surface area contributed by atoms with Crippen LogP contribution in [0.2, 0.25) is 0 Å². The van der Waals surface area contributed by atoms with E-state index < -0.39 is 0 Å². The summed E-state index contributed by atoms with van der Waals surface area (Å²) in [4.78, 5) is 15.6. The van der Waals surface area contributed by atoms with E-state index in [1.54, 1.807) is 6.92 Å². The topological polar surface area (TPSA) is 80.0 Å². The first kappa shape index (κ1) is 11.1. The zero-order valence-electron chi connectivity index (χ0n) is 9.49. The summed E-state index contributed by atoms with van der Waals surface area (Å²) in [6.45, 7) is 4.00. The smallest absolute Gasteiger partial charge is 0.237 e. The van der Waals surface area contributed by atoms with E-state index in [9.17, 15) is 4.79 Å². The molecule has 1 aromatic rings. The van der Waals surface area contributed by atoms with Crippen LogP contribution in [0.3, 0.4) is 0 Å². The lowest BCUT2D eigenvalue weighted by Crippen LogP contribution is -2.42. The maximum absolute atomic E-state index is 11.6.